The highest BCUT2D eigenvalue weighted by molar-refractivity contribution is 8.26. The predicted octanol–water partition coefficient (Wildman–Crippen LogP) is 2.96. The van der Waals surface area contributed by atoms with E-state index in [0.717, 1.165) is 11.3 Å². The summed E-state index contributed by atoms with van der Waals surface area (Å²) in [4.78, 5) is 12.1. The van der Waals surface area contributed by atoms with Crippen LogP contribution in [0.3, 0.4) is 0 Å². The van der Waals surface area contributed by atoms with Gasteiger partial charge < -0.3 is 10.1 Å². The molecule has 0 bridgehead atoms. The molecule has 0 aromatic heterocycles. The molecule has 0 atom stereocenters. The second-order valence-electron chi connectivity index (χ2n) is 4.09. The zero-order chi connectivity index (χ0) is 13.1. The minimum atomic E-state index is -0.132. The van der Waals surface area contributed by atoms with Gasteiger partial charge in [-0.3, -0.25) is 4.79 Å². The Balaban J connectivity index is 2.13. The molecule has 94 valence electrons. The van der Waals surface area contributed by atoms with Crippen LogP contribution in [0.4, 0.5) is 0 Å². The van der Waals surface area contributed by atoms with Gasteiger partial charge in [0.1, 0.15) is 10.1 Å². The number of hydrogen-bond donors (Lipinski definition) is 1. The van der Waals surface area contributed by atoms with Gasteiger partial charge in [-0.25, -0.2) is 0 Å². The van der Waals surface area contributed by atoms with Gasteiger partial charge >= 0.3 is 0 Å². The van der Waals surface area contributed by atoms with E-state index in [1.54, 1.807) is 0 Å². The number of thioether (sulfide) groups is 1. The molecule has 1 aliphatic heterocycles. The van der Waals surface area contributed by atoms with Crippen LogP contribution in [-0.2, 0) is 4.79 Å². The minimum Gasteiger partial charge on any atom is -0.491 e. The van der Waals surface area contributed by atoms with E-state index >= 15 is 0 Å². The molecular weight excluding hydrogens is 266 g/mol. The first-order valence-corrected chi connectivity index (χ1v) is 6.78. The lowest BCUT2D eigenvalue weighted by Crippen LogP contribution is -2.17. The van der Waals surface area contributed by atoms with E-state index in [-0.39, 0.29) is 12.0 Å². The molecule has 0 saturated carbocycles. The summed E-state index contributed by atoms with van der Waals surface area (Å²) in [5.74, 6) is 0.693. The van der Waals surface area contributed by atoms with Crippen molar-refractivity contribution in [2.45, 2.75) is 20.0 Å². The lowest BCUT2D eigenvalue weighted by atomic mass is 10.2. The van der Waals surface area contributed by atoms with Crippen molar-refractivity contribution >= 4 is 40.3 Å². The molecule has 1 fully saturated rings. The second kappa shape index (κ2) is 5.54. The van der Waals surface area contributed by atoms with E-state index in [0.29, 0.717) is 9.23 Å². The highest BCUT2D eigenvalue weighted by Gasteiger charge is 2.21. The van der Waals surface area contributed by atoms with Crippen LogP contribution < -0.4 is 10.1 Å². The highest BCUT2D eigenvalue weighted by atomic mass is 32.2. The van der Waals surface area contributed by atoms with Gasteiger partial charge in [-0.1, -0.05) is 36.1 Å². The quantitative estimate of drug-likeness (QED) is 0.682. The van der Waals surface area contributed by atoms with E-state index in [1.807, 2.05) is 44.2 Å². The number of ether oxygens (including phenoxy) is 1. The molecular formula is C13H13NO2S2. The minimum absolute atomic E-state index is 0.132. The number of amides is 1. The molecule has 0 aliphatic carbocycles. The van der Waals surface area contributed by atoms with Gasteiger partial charge in [0.05, 0.1) is 11.0 Å². The van der Waals surface area contributed by atoms with Gasteiger partial charge in [-0.15, -0.1) is 0 Å². The van der Waals surface area contributed by atoms with Crippen molar-refractivity contribution in [1.82, 2.24) is 5.32 Å². The molecule has 1 aromatic carbocycles. The van der Waals surface area contributed by atoms with Gasteiger partial charge in [0.2, 0.25) is 0 Å². The predicted molar refractivity (Wildman–Crippen MR) is 78.5 cm³/mol. The van der Waals surface area contributed by atoms with Crippen LogP contribution in [0.25, 0.3) is 6.08 Å². The summed E-state index contributed by atoms with van der Waals surface area (Å²) in [5.41, 5.74) is 0.952. The van der Waals surface area contributed by atoms with Crippen LogP contribution >= 0.6 is 24.0 Å². The summed E-state index contributed by atoms with van der Waals surface area (Å²) in [5, 5.41) is 2.59. The highest BCUT2D eigenvalue weighted by Crippen LogP contribution is 2.26. The summed E-state index contributed by atoms with van der Waals surface area (Å²) in [7, 11) is 0. The smallest absolute Gasteiger partial charge is 0.263 e. The van der Waals surface area contributed by atoms with Crippen molar-refractivity contribution in [1.29, 1.82) is 0 Å². The van der Waals surface area contributed by atoms with E-state index in [4.69, 9.17) is 17.0 Å². The maximum atomic E-state index is 11.5. The van der Waals surface area contributed by atoms with Gasteiger partial charge in [0.15, 0.2) is 0 Å². The Morgan fingerprint density at radius 2 is 2.00 bits per heavy atom. The third-order valence-corrected chi connectivity index (χ3v) is 3.35. The van der Waals surface area contributed by atoms with Gasteiger partial charge in [0.25, 0.3) is 5.91 Å². The van der Waals surface area contributed by atoms with E-state index in [1.165, 1.54) is 11.8 Å². The number of thiocarbonyl (C=S) groups is 1. The Morgan fingerprint density at radius 3 is 2.50 bits per heavy atom. The third kappa shape index (κ3) is 3.34. The number of nitrogens with one attached hydrogen (secondary N) is 1. The molecule has 1 N–H and O–H groups in total. The fourth-order valence-electron chi connectivity index (χ4n) is 1.49. The van der Waals surface area contributed by atoms with Crippen LogP contribution in [0.1, 0.15) is 19.4 Å². The van der Waals surface area contributed by atoms with Crippen molar-refractivity contribution in [3.63, 3.8) is 0 Å². The standard InChI is InChI=1S/C13H13NO2S2/c1-8(2)16-10-5-3-9(4-6-10)7-11-12(15)14-13(17)18-11/h3-8H,1-2H3,(H,14,15,17). The van der Waals surface area contributed by atoms with Crippen LogP contribution in [0.5, 0.6) is 5.75 Å². The molecule has 0 radical (unpaired) electrons. The number of hydrogen-bond acceptors (Lipinski definition) is 4. The van der Waals surface area contributed by atoms with E-state index in [9.17, 15) is 4.79 Å². The normalized spacial score (nSPS) is 17.4. The van der Waals surface area contributed by atoms with Crippen LogP contribution in [0.15, 0.2) is 29.2 Å². The zero-order valence-electron chi connectivity index (χ0n) is 10.1. The number of rotatable bonds is 3. The first-order valence-electron chi connectivity index (χ1n) is 5.56. The molecule has 0 unspecified atom stereocenters. The fourth-order valence-corrected chi connectivity index (χ4v) is 2.53. The molecule has 18 heavy (non-hydrogen) atoms. The topological polar surface area (TPSA) is 38.3 Å². The maximum absolute atomic E-state index is 11.5. The van der Waals surface area contributed by atoms with Crippen molar-refractivity contribution in [2.75, 3.05) is 0 Å². The molecule has 1 aliphatic rings. The molecule has 3 nitrogen and oxygen atoms in total. The second-order valence-corrected chi connectivity index (χ2v) is 5.81. The lowest BCUT2D eigenvalue weighted by Gasteiger charge is -2.09. The van der Waals surface area contributed by atoms with Crippen molar-refractivity contribution in [3.8, 4) is 5.75 Å². The molecule has 5 heteroatoms. The van der Waals surface area contributed by atoms with Gasteiger partial charge in [0, 0.05) is 0 Å². The molecule has 1 saturated heterocycles. The average molecular weight is 279 g/mol. The van der Waals surface area contributed by atoms with Crippen LogP contribution in [-0.4, -0.2) is 16.3 Å². The summed E-state index contributed by atoms with van der Waals surface area (Å²) in [6.07, 6.45) is 1.97. The molecule has 0 spiro atoms. The van der Waals surface area contributed by atoms with Crippen LogP contribution in [0, 0.1) is 0 Å². The van der Waals surface area contributed by atoms with Gasteiger partial charge in [-0.05, 0) is 37.6 Å². The summed E-state index contributed by atoms with van der Waals surface area (Å²) < 4.78 is 6.06. The zero-order valence-corrected chi connectivity index (χ0v) is 11.7. The van der Waals surface area contributed by atoms with Crippen molar-refractivity contribution in [3.05, 3.63) is 34.7 Å². The van der Waals surface area contributed by atoms with Crippen LogP contribution in [0.2, 0.25) is 0 Å². The first kappa shape index (κ1) is 13.1. The Morgan fingerprint density at radius 1 is 1.33 bits per heavy atom. The lowest BCUT2D eigenvalue weighted by molar-refractivity contribution is -0.115. The van der Waals surface area contributed by atoms with Crippen molar-refractivity contribution in [2.24, 2.45) is 0 Å². The molecule has 2 rings (SSSR count). The maximum Gasteiger partial charge on any atom is 0.263 e. The number of carbonyl (C=O) groups is 1. The number of benzene rings is 1. The molecule has 1 amide bonds. The SMILES string of the molecule is CC(C)Oc1ccc(C=C2SC(=S)NC2=O)cc1. The monoisotopic (exact) mass is 279 g/mol. The van der Waals surface area contributed by atoms with E-state index < -0.39 is 0 Å². The number of carbonyl (C=O) groups excluding carboxylic acids is 1. The van der Waals surface area contributed by atoms with Crippen molar-refractivity contribution < 1.29 is 9.53 Å². The van der Waals surface area contributed by atoms with E-state index in [2.05, 4.69) is 5.32 Å². The first-order chi connectivity index (χ1) is 8.54. The summed E-state index contributed by atoms with van der Waals surface area (Å²) in [6, 6.07) is 7.62. The Bertz CT molecular complexity index is 506. The van der Waals surface area contributed by atoms with Gasteiger partial charge in [-0.2, -0.15) is 0 Å². The summed E-state index contributed by atoms with van der Waals surface area (Å²) >= 11 is 6.21. The molecule has 1 aromatic rings. The summed E-state index contributed by atoms with van der Waals surface area (Å²) in [6.45, 7) is 3.96. The average Bonchev–Trinajstić information content (AvgIpc) is 2.59. The fraction of sp³-hybridized carbons (Fsp3) is 0.231. The Hall–Kier alpha value is -1.33. The largest absolute Gasteiger partial charge is 0.491 e. The Labute approximate surface area is 116 Å². The third-order valence-electron chi connectivity index (χ3n) is 2.19. The molecule has 1 heterocycles. The Kier molecular flexibility index (Phi) is 4.04.